The Kier molecular flexibility index (Phi) is 3.18. The van der Waals surface area contributed by atoms with Crippen LogP contribution in [0, 0.1) is 11.6 Å². The van der Waals surface area contributed by atoms with E-state index in [-0.39, 0.29) is 11.4 Å². The summed E-state index contributed by atoms with van der Waals surface area (Å²) >= 11 is 0. The first-order valence-electron chi connectivity index (χ1n) is 5.04. The molecule has 0 fully saturated rings. The molecule has 0 aliphatic heterocycles. The van der Waals surface area contributed by atoms with Gasteiger partial charge in [0.1, 0.15) is 5.82 Å². The van der Waals surface area contributed by atoms with E-state index in [1.807, 2.05) is 0 Å². The SMILES string of the molecule is Nc1c(F)cc(F)cc1NCc1ccncc1. The predicted molar refractivity (Wildman–Crippen MR) is 62.3 cm³/mol. The van der Waals surface area contributed by atoms with Crippen molar-refractivity contribution in [2.75, 3.05) is 11.1 Å². The zero-order valence-electron chi connectivity index (χ0n) is 8.95. The minimum atomic E-state index is -0.762. The van der Waals surface area contributed by atoms with Crippen molar-refractivity contribution in [2.24, 2.45) is 0 Å². The van der Waals surface area contributed by atoms with Crippen LogP contribution in [0.15, 0.2) is 36.7 Å². The number of anilines is 2. The Morgan fingerprint density at radius 1 is 1.18 bits per heavy atom. The summed E-state index contributed by atoms with van der Waals surface area (Å²) in [7, 11) is 0. The lowest BCUT2D eigenvalue weighted by molar-refractivity contribution is 0.587. The lowest BCUT2D eigenvalue weighted by Gasteiger charge is -2.10. The molecule has 0 amide bonds. The zero-order valence-corrected chi connectivity index (χ0v) is 8.95. The lowest BCUT2D eigenvalue weighted by atomic mass is 10.2. The molecule has 0 aliphatic rings. The van der Waals surface area contributed by atoms with Gasteiger partial charge in [-0.25, -0.2) is 8.78 Å². The van der Waals surface area contributed by atoms with Crippen molar-refractivity contribution in [1.29, 1.82) is 0 Å². The average molecular weight is 235 g/mol. The third-order valence-corrected chi connectivity index (χ3v) is 2.33. The highest BCUT2D eigenvalue weighted by Gasteiger charge is 2.07. The standard InChI is InChI=1S/C12H11F2N3/c13-9-5-10(14)12(15)11(6-9)17-7-8-1-3-16-4-2-8/h1-6,17H,7,15H2. The smallest absolute Gasteiger partial charge is 0.151 e. The average Bonchev–Trinajstić information content (AvgIpc) is 2.33. The molecule has 3 nitrogen and oxygen atoms in total. The highest BCUT2D eigenvalue weighted by Crippen LogP contribution is 2.23. The van der Waals surface area contributed by atoms with Crippen molar-refractivity contribution in [3.63, 3.8) is 0 Å². The van der Waals surface area contributed by atoms with Crippen molar-refractivity contribution >= 4 is 11.4 Å². The van der Waals surface area contributed by atoms with Crippen LogP contribution in [0.4, 0.5) is 20.2 Å². The second-order valence-electron chi connectivity index (χ2n) is 3.56. The van der Waals surface area contributed by atoms with Crippen LogP contribution in [0.25, 0.3) is 0 Å². The molecule has 2 aromatic rings. The Bertz CT molecular complexity index is 515. The Morgan fingerprint density at radius 2 is 1.88 bits per heavy atom. The van der Waals surface area contributed by atoms with Crippen molar-refractivity contribution in [3.8, 4) is 0 Å². The maximum Gasteiger partial charge on any atom is 0.151 e. The Balaban J connectivity index is 2.14. The lowest BCUT2D eigenvalue weighted by Crippen LogP contribution is -2.04. The van der Waals surface area contributed by atoms with Gasteiger partial charge in [-0.3, -0.25) is 4.98 Å². The Labute approximate surface area is 97.3 Å². The summed E-state index contributed by atoms with van der Waals surface area (Å²) in [5.41, 5.74) is 6.61. The Morgan fingerprint density at radius 3 is 2.59 bits per heavy atom. The van der Waals surface area contributed by atoms with Crippen molar-refractivity contribution in [3.05, 3.63) is 53.9 Å². The van der Waals surface area contributed by atoms with Gasteiger partial charge in [0.15, 0.2) is 5.82 Å². The maximum atomic E-state index is 13.2. The Hall–Kier alpha value is -2.17. The highest BCUT2D eigenvalue weighted by molar-refractivity contribution is 5.66. The van der Waals surface area contributed by atoms with Crippen molar-refractivity contribution in [1.82, 2.24) is 4.98 Å². The fraction of sp³-hybridized carbons (Fsp3) is 0.0833. The number of nitrogens with two attached hydrogens (primary N) is 1. The van der Waals surface area contributed by atoms with Crippen LogP contribution in [0.3, 0.4) is 0 Å². The normalized spacial score (nSPS) is 10.2. The van der Waals surface area contributed by atoms with Crippen LogP contribution in [-0.4, -0.2) is 4.98 Å². The zero-order chi connectivity index (χ0) is 12.3. The molecule has 3 N–H and O–H groups in total. The summed E-state index contributed by atoms with van der Waals surface area (Å²) in [5, 5.41) is 2.88. The van der Waals surface area contributed by atoms with Crippen molar-refractivity contribution in [2.45, 2.75) is 6.54 Å². The van der Waals surface area contributed by atoms with Crippen LogP contribution in [0.5, 0.6) is 0 Å². The van der Waals surface area contributed by atoms with Gasteiger partial charge in [-0.15, -0.1) is 0 Å². The van der Waals surface area contributed by atoms with E-state index >= 15 is 0 Å². The summed E-state index contributed by atoms with van der Waals surface area (Å²) in [6, 6.07) is 5.53. The predicted octanol–water partition coefficient (Wildman–Crippen LogP) is 2.55. The summed E-state index contributed by atoms with van der Waals surface area (Å²) in [6.07, 6.45) is 3.29. The topological polar surface area (TPSA) is 50.9 Å². The fourth-order valence-corrected chi connectivity index (χ4v) is 1.43. The van der Waals surface area contributed by atoms with Gasteiger partial charge < -0.3 is 11.1 Å². The van der Waals surface area contributed by atoms with Gasteiger partial charge in [0.05, 0.1) is 11.4 Å². The van der Waals surface area contributed by atoms with Crippen LogP contribution in [0.2, 0.25) is 0 Å². The number of nitrogens with zero attached hydrogens (tertiary/aromatic N) is 1. The number of hydrogen-bond acceptors (Lipinski definition) is 3. The van der Waals surface area contributed by atoms with E-state index in [1.54, 1.807) is 24.5 Å². The summed E-state index contributed by atoms with van der Waals surface area (Å²) in [4.78, 5) is 3.87. The first kappa shape index (κ1) is 11.3. The molecule has 0 saturated carbocycles. The molecule has 17 heavy (non-hydrogen) atoms. The molecular formula is C12H11F2N3. The van der Waals surface area contributed by atoms with E-state index in [1.165, 1.54) is 6.07 Å². The third kappa shape index (κ3) is 2.69. The van der Waals surface area contributed by atoms with Gasteiger partial charge in [0, 0.05) is 25.0 Å². The minimum Gasteiger partial charge on any atom is -0.395 e. The highest BCUT2D eigenvalue weighted by atomic mass is 19.1. The maximum absolute atomic E-state index is 13.2. The second-order valence-corrected chi connectivity index (χ2v) is 3.56. The van der Waals surface area contributed by atoms with E-state index < -0.39 is 11.6 Å². The van der Waals surface area contributed by atoms with Gasteiger partial charge in [-0.1, -0.05) is 0 Å². The first-order valence-corrected chi connectivity index (χ1v) is 5.04. The number of benzene rings is 1. The van der Waals surface area contributed by atoms with Crippen LogP contribution >= 0.6 is 0 Å². The summed E-state index contributed by atoms with van der Waals surface area (Å²) < 4.78 is 26.1. The number of rotatable bonds is 3. The van der Waals surface area contributed by atoms with Crippen molar-refractivity contribution < 1.29 is 8.78 Å². The quantitative estimate of drug-likeness (QED) is 0.804. The molecule has 88 valence electrons. The number of hydrogen-bond donors (Lipinski definition) is 2. The van der Waals surface area contributed by atoms with E-state index in [4.69, 9.17) is 5.73 Å². The summed E-state index contributed by atoms with van der Waals surface area (Å²) in [5.74, 6) is -1.42. The molecule has 0 unspecified atom stereocenters. The van der Waals surface area contributed by atoms with E-state index in [2.05, 4.69) is 10.3 Å². The summed E-state index contributed by atoms with van der Waals surface area (Å²) in [6.45, 7) is 0.426. The molecule has 5 heteroatoms. The molecule has 0 aliphatic carbocycles. The second kappa shape index (κ2) is 4.78. The van der Waals surface area contributed by atoms with Crippen LogP contribution in [-0.2, 0) is 6.54 Å². The number of nitrogens with one attached hydrogen (secondary N) is 1. The molecule has 0 spiro atoms. The van der Waals surface area contributed by atoms with Crippen LogP contribution in [0.1, 0.15) is 5.56 Å². The van der Waals surface area contributed by atoms with Gasteiger partial charge in [-0.2, -0.15) is 0 Å². The molecule has 0 bridgehead atoms. The van der Waals surface area contributed by atoms with E-state index in [0.717, 1.165) is 11.6 Å². The first-order chi connectivity index (χ1) is 8.16. The largest absolute Gasteiger partial charge is 0.395 e. The number of aromatic nitrogens is 1. The number of halogens is 2. The molecule has 0 saturated heterocycles. The molecule has 1 aromatic heterocycles. The molecular weight excluding hydrogens is 224 g/mol. The molecule has 0 radical (unpaired) electrons. The molecule has 1 aromatic carbocycles. The van der Waals surface area contributed by atoms with Crippen LogP contribution < -0.4 is 11.1 Å². The van der Waals surface area contributed by atoms with E-state index in [0.29, 0.717) is 6.54 Å². The molecule has 0 atom stereocenters. The van der Waals surface area contributed by atoms with Gasteiger partial charge in [0.25, 0.3) is 0 Å². The fourth-order valence-electron chi connectivity index (χ4n) is 1.43. The van der Waals surface area contributed by atoms with Gasteiger partial charge >= 0.3 is 0 Å². The number of nitrogen functional groups attached to an aromatic ring is 1. The minimum absolute atomic E-state index is 0.0829. The van der Waals surface area contributed by atoms with E-state index in [9.17, 15) is 8.78 Å². The molecule has 2 rings (SSSR count). The number of pyridine rings is 1. The van der Waals surface area contributed by atoms with Gasteiger partial charge in [0.2, 0.25) is 0 Å². The molecule has 1 heterocycles. The van der Waals surface area contributed by atoms with Gasteiger partial charge in [-0.05, 0) is 23.8 Å². The monoisotopic (exact) mass is 235 g/mol. The third-order valence-electron chi connectivity index (χ3n) is 2.33.